The highest BCUT2D eigenvalue weighted by Gasteiger charge is 2.20. The monoisotopic (exact) mass is 840 g/mol. The van der Waals surface area contributed by atoms with Gasteiger partial charge in [-0.15, -0.1) is 0 Å². The molecule has 0 saturated heterocycles. The summed E-state index contributed by atoms with van der Waals surface area (Å²) in [5, 5.41) is 4.97. The zero-order valence-electron chi connectivity index (χ0n) is 36.3. The van der Waals surface area contributed by atoms with E-state index in [4.69, 9.17) is 0 Å². The lowest BCUT2D eigenvalue weighted by atomic mass is 9.92. The number of fused-ring (bicyclic) bond motifs is 4. The van der Waals surface area contributed by atoms with Gasteiger partial charge in [-0.1, -0.05) is 206 Å². The Morgan fingerprint density at radius 1 is 0.258 bits per heavy atom. The molecule has 66 heavy (non-hydrogen) atoms. The minimum atomic E-state index is 1.07. The Kier molecular flexibility index (Phi) is 9.89. The highest BCUT2D eigenvalue weighted by Crippen LogP contribution is 2.44. The topological polar surface area (TPSA) is 8.17 Å². The van der Waals surface area contributed by atoms with Crippen molar-refractivity contribution in [2.45, 2.75) is 0 Å². The van der Waals surface area contributed by atoms with E-state index in [1.807, 2.05) is 0 Å². The van der Waals surface area contributed by atoms with Gasteiger partial charge in [0.05, 0.1) is 16.7 Å². The maximum absolute atomic E-state index is 2.44. The largest absolute Gasteiger partial charge is 0.310 e. The molecule has 0 bridgehead atoms. The van der Waals surface area contributed by atoms with Gasteiger partial charge in [-0.25, -0.2) is 0 Å². The van der Waals surface area contributed by atoms with Crippen LogP contribution in [0.25, 0.3) is 93.9 Å². The molecule has 11 aromatic carbocycles. The van der Waals surface area contributed by atoms with Crippen molar-refractivity contribution in [3.63, 3.8) is 0 Å². The first-order valence-electron chi connectivity index (χ1n) is 22.7. The number of nitrogens with zero attached hydrogens (tertiary/aromatic N) is 2. The Labute approximate surface area is 385 Å². The molecule has 0 N–H and O–H groups in total. The van der Waals surface area contributed by atoms with E-state index in [-0.39, 0.29) is 0 Å². The average molecular weight is 841 g/mol. The Bertz CT molecular complexity index is 3640. The zero-order chi connectivity index (χ0) is 43.8. The summed E-state index contributed by atoms with van der Waals surface area (Å²) in [5.74, 6) is 0. The fourth-order valence-corrected chi connectivity index (χ4v) is 9.92. The van der Waals surface area contributed by atoms with Crippen LogP contribution in [0.1, 0.15) is 0 Å². The Morgan fingerprint density at radius 3 is 1.42 bits per heavy atom. The van der Waals surface area contributed by atoms with Gasteiger partial charge in [0.2, 0.25) is 0 Å². The molecule has 0 radical (unpaired) electrons. The van der Waals surface area contributed by atoms with E-state index in [1.165, 1.54) is 77.1 Å². The van der Waals surface area contributed by atoms with Crippen LogP contribution in [0.3, 0.4) is 0 Å². The van der Waals surface area contributed by atoms with E-state index < -0.39 is 0 Å². The summed E-state index contributed by atoms with van der Waals surface area (Å²) in [6.45, 7) is 0. The Balaban J connectivity index is 1.01. The zero-order valence-corrected chi connectivity index (χ0v) is 36.3. The molecule has 1 heterocycles. The molecular weight excluding hydrogens is 797 g/mol. The predicted molar refractivity (Wildman–Crippen MR) is 280 cm³/mol. The number of aromatic nitrogens is 1. The number of benzene rings is 11. The molecular formula is C64H44N2. The smallest absolute Gasteiger partial charge is 0.0546 e. The van der Waals surface area contributed by atoms with Gasteiger partial charge >= 0.3 is 0 Å². The SMILES string of the molecule is c1ccc(-c2cccc(-c3cccc(N(c4ccc(-c5cccc(-n6c7ccccc7c7ccccc76)c5-c5ccccc5)cc4)c4cccc(-c5cccc6ccccc56)c4)c3)c2)cc1. The Morgan fingerprint density at radius 2 is 0.727 bits per heavy atom. The van der Waals surface area contributed by atoms with Gasteiger partial charge in [0.15, 0.2) is 0 Å². The molecule has 0 saturated carbocycles. The van der Waals surface area contributed by atoms with Crippen LogP contribution in [0.4, 0.5) is 17.1 Å². The molecule has 2 heteroatoms. The maximum atomic E-state index is 2.44. The van der Waals surface area contributed by atoms with Gasteiger partial charge in [0.1, 0.15) is 0 Å². The molecule has 0 fully saturated rings. The predicted octanol–water partition coefficient (Wildman–Crippen LogP) is 17.7. The highest BCUT2D eigenvalue weighted by atomic mass is 15.1. The van der Waals surface area contributed by atoms with Crippen molar-refractivity contribution in [2.24, 2.45) is 0 Å². The summed E-state index contributed by atoms with van der Waals surface area (Å²) >= 11 is 0. The first kappa shape index (κ1) is 38.9. The summed E-state index contributed by atoms with van der Waals surface area (Å²) < 4.78 is 2.44. The van der Waals surface area contributed by atoms with Crippen LogP contribution >= 0.6 is 0 Å². The van der Waals surface area contributed by atoms with E-state index >= 15 is 0 Å². The maximum Gasteiger partial charge on any atom is 0.0546 e. The van der Waals surface area contributed by atoms with E-state index in [1.54, 1.807) is 0 Å². The van der Waals surface area contributed by atoms with E-state index in [0.29, 0.717) is 0 Å². The molecule has 0 aliphatic rings. The van der Waals surface area contributed by atoms with Crippen molar-refractivity contribution < 1.29 is 0 Å². The fourth-order valence-electron chi connectivity index (χ4n) is 9.92. The average Bonchev–Trinajstić information content (AvgIpc) is 3.73. The van der Waals surface area contributed by atoms with Crippen LogP contribution in [0.2, 0.25) is 0 Å². The van der Waals surface area contributed by atoms with Crippen LogP contribution in [0.15, 0.2) is 267 Å². The second-order valence-corrected chi connectivity index (χ2v) is 16.9. The van der Waals surface area contributed by atoms with Crippen LogP contribution in [-0.2, 0) is 0 Å². The highest BCUT2D eigenvalue weighted by molar-refractivity contribution is 6.10. The molecule has 0 aliphatic carbocycles. The van der Waals surface area contributed by atoms with Gasteiger partial charge in [-0.05, 0) is 122 Å². The second kappa shape index (κ2) is 16.8. The summed E-state index contributed by atoms with van der Waals surface area (Å²) in [5.41, 5.74) is 18.6. The molecule has 310 valence electrons. The van der Waals surface area contributed by atoms with Crippen molar-refractivity contribution in [3.8, 4) is 61.3 Å². The first-order valence-corrected chi connectivity index (χ1v) is 22.7. The quantitative estimate of drug-likeness (QED) is 0.141. The molecule has 0 unspecified atom stereocenters. The number of rotatable bonds is 9. The van der Waals surface area contributed by atoms with E-state index in [2.05, 4.69) is 276 Å². The third-order valence-electron chi connectivity index (χ3n) is 13.0. The van der Waals surface area contributed by atoms with E-state index in [9.17, 15) is 0 Å². The van der Waals surface area contributed by atoms with Gasteiger partial charge < -0.3 is 9.47 Å². The standard InChI is InChI=1S/C64H44N2/c1-3-18-45(19-4-1)49-24-13-25-50(42-49)51-26-14-28-54(43-51)65(55-29-15-27-52(44-55)57-33-16-23-46-20-7-8-30-56(46)57)53-40-38-47(39-41-53)58-34-17-37-63(64(58)48-21-5-2-6-22-48)66-61-35-11-9-31-59(61)60-32-10-12-36-62(60)66/h1-44H. The van der Waals surface area contributed by atoms with Crippen molar-refractivity contribution in [2.75, 3.05) is 4.90 Å². The third kappa shape index (κ3) is 7.02. The summed E-state index contributed by atoms with van der Waals surface area (Å²) in [4.78, 5) is 2.40. The summed E-state index contributed by atoms with van der Waals surface area (Å²) in [7, 11) is 0. The van der Waals surface area contributed by atoms with Crippen LogP contribution < -0.4 is 4.90 Å². The summed E-state index contributed by atoms with van der Waals surface area (Å²) in [6, 6.07) is 96.9. The lowest BCUT2D eigenvalue weighted by Gasteiger charge is -2.27. The normalized spacial score (nSPS) is 11.3. The molecule has 0 atom stereocenters. The molecule has 1 aromatic heterocycles. The minimum absolute atomic E-state index is 1.07. The van der Waals surface area contributed by atoms with Crippen molar-refractivity contribution in [1.29, 1.82) is 0 Å². The molecule has 12 rings (SSSR count). The lowest BCUT2D eigenvalue weighted by Crippen LogP contribution is -2.10. The minimum Gasteiger partial charge on any atom is -0.310 e. The van der Waals surface area contributed by atoms with Crippen LogP contribution in [0.5, 0.6) is 0 Å². The number of hydrogen-bond acceptors (Lipinski definition) is 1. The molecule has 12 aromatic rings. The number of hydrogen-bond donors (Lipinski definition) is 0. The molecule has 0 aliphatic heterocycles. The van der Waals surface area contributed by atoms with E-state index in [0.717, 1.165) is 33.9 Å². The van der Waals surface area contributed by atoms with Crippen LogP contribution in [-0.4, -0.2) is 4.57 Å². The van der Waals surface area contributed by atoms with Gasteiger partial charge in [0.25, 0.3) is 0 Å². The van der Waals surface area contributed by atoms with Gasteiger partial charge in [-0.3, -0.25) is 0 Å². The Hall–Kier alpha value is -8.72. The lowest BCUT2D eigenvalue weighted by molar-refractivity contribution is 1.18. The fraction of sp³-hybridized carbons (Fsp3) is 0. The first-order chi connectivity index (χ1) is 32.7. The third-order valence-corrected chi connectivity index (χ3v) is 13.0. The number of anilines is 3. The van der Waals surface area contributed by atoms with Gasteiger partial charge in [-0.2, -0.15) is 0 Å². The van der Waals surface area contributed by atoms with Crippen LogP contribution in [0, 0.1) is 0 Å². The molecule has 0 amide bonds. The van der Waals surface area contributed by atoms with Gasteiger partial charge in [0, 0.05) is 33.4 Å². The van der Waals surface area contributed by atoms with Crippen molar-refractivity contribution >= 4 is 49.6 Å². The number of para-hydroxylation sites is 2. The molecule has 0 spiro atoms. The second-order valence-electron chi connectivity index (χ2n) is 16.9. The van der Waals surface area contributed by atoms with Crippen molar-refractivity contribution in [3.05, 3.63) is 267 Å². The molecule has 2 nitrogen and oxygen atoms in total. The van der Waals surface area contributed by atoms with Crippen molar-refractivity contribution in [1.82, 2.24) is 4.57 Å². The summed E-state index contributed by atoms with van der Waals surface area (Å²) in [6.07, 6.45) is 0.